The Morgan fingerprint density at radius 3 is 1.31 bits per heavy atom. The molecule has 23 heteroatoms. The molecular formula is C103H157F3O20. The summed E-state index contributed by atoms with van der Waals surface area (Å²) in [5.41, 5.74) is -4.19. The molecule has 0 saturated heterocycles. The van der Waals surface area contributed by atoms with Crippen LogP contribution in [-0.4, -0.2) is 113 Å². The molecule has 16 atom stereocenters. The summed E-state index contributed by atoms with van der Waals surface area (Å²) < 4.78 is 81.6. The zero-order valence-corrected chi connectivity index (χ0v) is 80.9. The molecule has 7 fully saturated rings. The topological polar surface area (TPSA) is 285 Å². The Morgan fingerprint density at radius 1 is 0.421 bits per heavy atom. The van der Waals surface area contributed by atoms with Crippen molar-refractivity contribution in [1.29, 1.82) is 0 Å². The number of esters is 8. The molecule has 0 aromatic heterocycles. The fraction of sp³-hybridized carbons (Fsp3) is 0.709. The van der Waals surface area contributed by atoms with Crippen LogP contribution in [0.2, 0.25) is 0 Å². The van der Waals surface area contributed by atoms with Gasteiger partial charge in [0.25, 0.3) is 0 Å². The summed E-state index contributed by atoms with van der Waals surface area (Å²) >= 11 is 0. The largest absolute Gasteiger partial charge is 0.481 e. The third-order valence-corrected chi connectivity index (χ3v) is 27.6. The average Bonchev–Trinajstić information content (AvgIpc) is 1.60. The van der Waals surface area contributed by atoms with Gasteiger partial charge in [-0.1, -0.05) is 170 Å². The van der Waals surface area contributed by atoms with Gasteiger partial charge in [-0.2, -0.15) is 13.2 Å². The molecule has 0 aliphatic heterocycles. The maximum absolute atomic E-state index is 13.1. The van der Waals surface area contributed by atoms with Gasteiger partial charge in [0, 0.05) is 10.8 Å². The van der Waals surface area contributed by atoms with Gasteiger partial charge in [-0.3, -0.25) is 38.4 Å². The van der Waals surface area contributed by atoms with Crippen LogP contribution in [0.15, 0.2) is 78.9 Å². The number of rotatable bonds is 27. The maximum atomic E-state index is 13.1. The summed E-state index contributed by atoms with van der Waals surface area (Å²) in [4.78, 5) is 114. The van der Waals surface area contributed by atoms with Crippen LogP contribution in [0.5, 0.6) is 11.5 Å². The Morgan fingerprint density at radius 2 is 0.849 bits per heavy atom. The maximum Gasteiger partial charge on any atom is 0.404 e. The Balaban J connectivity index is 0.000000307. The second-order valence-corrected chi connectivity index (χ2v) is 39.7. The molecule has 7 saturated carbocycles. The lowest BCUT2D eigenvalue weighted by Gasteiger charge is -2.33. The van der Waals surface area contributed by atoms with Crippen molar-refractivity contribution in [3.8, 4) is 11.5 Å². The van der Waals surface area contributed by atoms with Crippen molar-refractivity contribution in [1.82, 2.24) is 0 Å². The van der Waals surface area contributed by atoms with Crippen LogP contribution in [0, 0.1) is 105 Å². The number of hydrogen-bond donors (Lipinski definition) is 2. The zero-order chi connectivity index (χ0) is 95.2. The highest BCUT2D eigenvalue weighted by Gasteiger charge is 2.59. The summed E-state index contributed by atoms with van der Waals surface area (Å²) in [6, 6.07) is 23.7. The van der Waals surface area contributed by atoms with Gasteiger partial charge in [-0.05, 0) is 299 Å². The third-order valence-electron chi connectivity index (χ3n) is 27.6. The normalized spacial score (nSPS) is 22.6. The standard InChI is InChI=1S/C17H25F3O2.C16H16O4.C16H26O2.C16H18O2.C12H22O4.C12H22O2.C9H18O2.C5H10O2/c1-3-16(2,17(18,19)20)15(21)22-9-11-7-10-8-14(11)13-6-4-5-12(10)13;1-3-10(2)16(19)20-14-9-5-6-11-12(14)7-4-8-13(11)15(17)18;1-3-10(2)16(17)18-9-12-7-11-8-15(12)14-6-4-5-13(11)14;1-4-16(2,3)15(17)18-14-11-7-9-12-8-5-6-10-13(12)14;1-7-12(5,6)10(14)15-8-9(13)16-11(2,3)4;1-4-10(3)11(13)14-12(5-2)8-6-7-9-12;1-6-7(2)8(10)11-9(3,4)5;1-3-4(2)5(6)7/h10-14H,3-9H2,1-2H3;4-10H,3H2,1-2H3,(H,17,18);10-15H,3-9H2,1-2H3;5-11H,4H2,1-3H3;7-8H2,1-6H3;10H,4-9H2,1-3H3;7H,6H2,1-5H3;4H,3H2,1-2H3,(H,6,7). The predicted molar refractivity (Wildman–Crippen MR) is 487 cm³/mol. The summed E-state index contributed by atoms with van der Waals surface area (Å²) in [6.45, 7) is 46.3. The van der Waals surface area contributed by atoms with Gasteiger partial charge in [-0.15, -0.1) is 0 Å². The Bertz CT molecular complexity index is 4140. The molecule has 4 bridgehead atoms. The number of ether oxygens (including phenoxy) is 8. The molecule has 20 nitrogen and oxygen atoms in total. The molecule has 0 spiro atoms. The number of aromatic carboxylic acids is 1. The second kappa shape index (κ2) is 50.2. The van der Waals surface area contributed by atoms with E-state index in [4.69, 9.17) is 43.0 Å². The molecule has 0 heterocycles. The van der Waals surface area contributed by atoms with Crippen LogP contribution >= 0.6 is 0 Å². The number of halogens is 3. The highest BCUT2D eigenvalue weighted by molar-refractivity contribution is 6.06. The molecule has 11 rings (SSSR count). The van der Waals surface area contributed by atoms with Gasteiger partial charge in [0.05, 0.1) is 59.2 Å². The van der Waals surface area contributed by atoms with Crippen molar-refractivity contribution in [3.63, 3.8) is 0 Å². The number of carbonyl (C=O) groups excluding carboxylic acids is 8. The van der Waals surface area contributed by atoms with Crippen LogP contribution in [0.1, 0.15) is 331 Å². The van der Waals surface area contributed by atoms with Crippen LogP contribution in [0.4, 0.5) is 13.2 Å². The van der Waals surface area contributed by atoms with Crippen LogP contribution in [-0.2, 0) is 71.6 Å². The van der Waals surface area contributed by atoms with Crippen molar-refractivity contribution in [2.75, 3.05) is 19.8 Å². The van der Waals surface area contributed by atoms with E-state index in [2.05, 4.69) is 6.92 Å². The number of carboxylic acids is 2. The number of hydrogen-bond acceptors (Lipinski definition) is 18. The first kappa shape index (κ1) is 110. The van der Waals surface area contributed by atoms with Crippen molar-refractivity contribution in [3.05, 3.63) is 84.4 Å². The van der Waals surface area contributed by atoms with Gasteiger partial charge in [0.1, 0.15) is 28.3 Å². The van der Waals surface area contributed by atoms with Gasteiger partial charge in [-0.25, -0.2) is 9.59 Å². The summed E-state index contributed by atoms with van der Waals surface area (Å²) in [6.07, 6.45) is 19.4. The van der Waals surface area contributed by atoms with Gasteiger partial charge in [0.15, 0.2) is 12.0 Å². The summed E-state index contributed by atoms with van der Waals surface area (Å²) in [5, 5.41) is 20.6. The van der Waals surface area contributed by atoms with Gasteiger partial charge < -0.3 is 48.1 Å². The minimum Gasteiger partial charge on any atom is -0.481 e. The minimum absolute atomic E-state index is 0.00347. The first-order valence-electron chi connectivity index (χ1n) is 47.0. The molecule has 4 aromatic carbocycles. The van der Waals surface area contributed by atoms with E-state index in [9.17, 15) is 66.2 Å². The van der Waals surface area contributed by atoms with Gasteiger partial charge in [0.2, 0.25) is 0 Å². The smallest absolute Gasteiger partial charge is 0.404 e. The molecule has 0 radical (unpaired) electrons. The van der Waals surface area contributed by atoms with Crippen molar-refractivity contribution in [2.45, 2.75) is 344 Å². The molecule has 2 N–H and O–H groups in total. The van der Waals surface area contributed by atoms with Crippen LogP contribution in [0.3, 0.4) is 0 Å². The Labute approximate surface area is 751 Å². The monoisotopic (exact) mass is 1770 g/mol. The predicted octanol–water partition coefficient (Wildman–Crippen LogP) is 25.0. The van der Waals surface area contributed by atoms with E-state index < -0.39 is 51.9 Å². The fourth-order valence-corrected chi connectivity index (χ4v) is 17.3. The molecule has 16 unspecified atom stereocenters. The van der Waals surface area contributed by atoms with Crippen LogP contribution < -0.4 is 9.47 Å². The summed E-state index contributed by atoms with van der Waals surface area (Å²) in [5.74, 6) is 4.26. The number of carbonyl (C=O) groups is 10. The molecular weight excluding hydrogens is 1610 g/mol. The van der Waals surface area contributed by atoms with Crippen molar-refractivity contribution < 1.29 is 109 Å². The van der Waals surface area contributed by atoms with Crippen molar-refractivity contribution in [2.24, 2.45) is 105 Å². The fourth-order valence-electron chi connectivity index (χ4n) is 17.3. The molecule has 126 heavy (non-hydrogen) atoms. The molecule has 0 amide bonds. The summed E-state index contributed by atoms with van der Waals surface area (Å²) in [7, 11) is 0. The minimum atomic E-state index is -4.55. The first-order valence-corrected chi connectivity index (χ1v) is 47.0. The van der Waals surface area contributed by atoms with E-state index in [0.29, 0.717) is 53.6 Å². The molecule has 7 aliphatic rings. The molecule has 710 valence electrons. The van der Waals surface area contributed by atoms with E-state index in [1.807, 2.05) is 146 Å². The Hall–Kier alpha value is -8.11. The number of carboxylic acid groups (broad SMARTS) is 2. The number of aliphatic carboxylic acids is 1. The SMILES string of the molecule is CCC(C)(C(=O)OCC1CC2CC1C1CCCC21)C(F)(F)F.CCC(C)(C)C(=O)OCC(=O)OC(C)(C)C.CCC(C)(C)C(=O)Oc1cccc2ccccc12.CCC(C)C(=O)O.CCC(C)C(=O)OC(C)(C)C.CCC(C)C(=O)OC1(CC)CCCC1.CCC(C)C(=O)OCC1CC2CC1C1CCCC21.CCC(C)C(=O)Oc1cccc2c(C(=O)O)cccc12. The number of alkyl halides is 3. The van der Waals surface area contributed by atoms with E-state index in [1.54, 1.807) is 78.8 Å². The number of fused-ring (bicyclic) bond motifs is 12. The third kappa shape index (κ3) is 32.5. The lowest BCUT2D eigenvalue weighted by atomic mass is 9.76. The highest BCUT2D eigenvalue weighted by Crippen LogP contribution is 2.62. The van der Waals surface area contributed by atoms with Crippen LogP contribution in [0.25, 0.3) is 21.5 Å². The quantitative estimate of drug-likeness (QED) is 0.0319. The second-order valence-electron chi connectivity index (χ2n) is 39.7. The average molecular weight is 1770 g/mol. The first-order chi connectivity index (χ1) is 58.8. The highest BCUT2D eigenvalue weighted by atomic mass is 19.4. The molecule has 4 aromatic rings. The zero-order valence-electron chi connectivity index (χ0n) is 80.9. The van der Waals surface area contributed by atoms with Crippen molar-refractivity contribution >= 4 is 81.2 Å². The van der Waals surface area contributed by atoms with E-state index >= 15 is 0 Å². The lowest BCUT2D eigenvalue weighted by molar-refractivity contribution is -0.231. The van der Waals surface area contributed by atoms with E-state index in [0.717, 1.165) is 117 Å². The van der Waals surface area contributed by atoms with E-state index in [1.165, 1.54) is 83.6 Å². The van der Waals surface area contributed by atoms with E-state index in [-0.39, 0.29) is 108 Å². The Kier molecular flexibility index (Phi) is 43.9. The number of benzene rings is 4. The molecule has 7 aliphatic carbocycles. The lowest BCUT2D eigenvalue weighted by Crippen LogP contribution is -2.44. The van der Waals surface area contributed by atoms with Gasteiger partial charge >= 0.3 is 65.9 Å².